The summed E-state index contributed by atoms with van der Waals surface area (Å²) in [7, 11) is 0. The van der Waals surface area contributed by atoms with Crippen molar-refractivity contribution in [1.29, 1.82) is 0 Å². The molecule has 0 aliphatic rings. The van der Waals surface area contributed by atoms with Gasteiger partial charge in [-0.05, 0) is 32.9 Å². The molecule has 0 saturated carbocycles. The third-order valence-corrected chi connectivity index (χ3v) is 2.83. The first-order valence-electron chi connectivity index (χ1n) is 4.03. The van der Waals surface area contributed by atoms with Crippen LogP contribution < -0.4 is 0 Å². The van der Waals surface area contributed by atoms with Crippen LogP contribution in [0, 0.1) is 20.8 Å². The quantitative estimate of drug-likeness (QED) is 0.693. The summed E-state index contributed by atoms with van der Waals surface area (Å²) in [6.07, 6.45) is 0. The zero-order chi connectivity index (χ0) is 9.42. The second kappa shape index (κ2) is 3.00. The third-order valence-electron chi connectivity index (χ3n) is 1.84. The lowest BCUT2D eigenvalue weighted by atomic mass is 10.4. The SMILES string of the molecule is [CH2]c1nc(-c2ccc(C)s2)oc1C. The van der Waals surface area contributed by atoms with E-state index in [1.165, 1.54) is 4.88 Å². The van der Waals surface area contributed by atoms with Crippen molar-refractivity contribution in [3.05, 3.63) is 35.4 Å². The topological polar surface area (TPSA) is 26.0 Å². The molecule has 1 radical (unpaired) electrons. The van der Waals surface area contributed by atoms with Crippen molar-refractivity contribution in [2.45, 2.75) is 13.8 Å². The molecule has 0 atom stereocenters. The lowest BCUT2D eigenvalue weighted by Crippen LogP contribution is -1.72. The average molecular weight is 192 g/mol. The molecule has 0 fully saturated rings. The summed E-state index contributed by atoms with van der Waals surface area (Å²) in [4.78, 5) is 6.55. The first-order chi connectivity index (χ1) is 6.16. The van der Waals surface area contributed by atoms with E-state index in [-0.39, 0.29) is 0 Å². The predicted molar refractivity (Wildman–Crippen MR) is 53.7 cm³/mol. The average Bonchev–Trinajstić information content (AvgIpc) is 2.61. The van der Waals surface area contributed by atoms with E-state index in [0.717, 1.165) is 16.3 Å². The van der Waals surface area contributed by atoms with Crippen LogP contribution in [0.15, 0.2) is 16.5 Å². The Morgan fingerprint density at radius 3 is 2.62 bits per heavy atom. The summed E-state index contributed by atoms with van der Waals surface area (Å²) in [5.74, 6) is 1.47. The van der Waals surface area contributed by atoms with E-state index in [2.05, 4.69) is 24.9 Å². The Kier molecular flexibility index (Phi) is 1.96. The number of aryl methyl sites for hydroxylation is 2. The molecule has 0 spiro atoms. The number of rotatable bonds is 1. The molecule has 0 unspecified atom stereocenters. The molecule has 13 heavy (non-hydrogen) atoms. The molecule has 0 aliphatic carbocycles. The smallest absolute Gasteiger partial charge is 0.236 e. The minimum atomic E-state index is 0.681. The van der Waals surface area contributed by atoms with E-state index in [4.69, 9.17) is 4.42 Å². The van der Waals surface area contributed by atoms with Crippen LogP contribution in [0.25, 0.3) is 10.8 Å². The van der Waals surface area contributed by atoms with Gasteiger partial charge < -0.3 is 4.42 Å². The summed E-state index contributed by atoms with van der Waals surface area (Å²) in [5, 5.41) is 0. The third kappa shape index (κ3) is 1.52. The molecule has 0 amide bonds. The molecular formula is C10H10NOS. The Bertz CT molecular complexity index is 408. The molecule has 0 N–H and O–H groups in total. The van der Waals surface area contributed by atoms with Crippen molar-refractivity contribution in [2.75, 3.05) is 0 Å². The Morgan fingerprint density at radius 1 is 1.38 bits per heavy atom. The van der Waals surface area contributed by atoms with E-state index >= 15 is 0 Å². The van der Waals surface area contributed by atoms with Gasteiger partial charge >= 0.3 is 0 Å². The normalized spacial score (nSPS) is 10.7. The molecule has 2 heterocycles. The van der Waals surface area contributed by atoms with Gasteiger partial charge in [-0.25, -0.2) is 4.98 Å². The molecule has 0 bridgehead atoms. The lowest BCUT2D eigenvalue weighted by molar-refractivity contribution is 0.543. The molecule has 2 rings (SSSR count). The van der Waals surface area contributed by atoms with Gasteiger partial charge in [-0.3, -0.25) is 0 Å². The molecule has 2 aromatic rings. The Morgan fingerprint density at radius 2 is 2.15 bits per heavy atom. The molecule has 0 saturated heterocycles. The van der Waals surface area contributed by atoms with Gasteiger partial charge in [0.05, 0.1) is 10.6 Å². The Hall–Kier alpha value is -1.09. The monoisotopic (exact) mass is 192 g/mol. The Labute approximate surface area is 81.2 Å². The van der Waals surface area contributed by atoms with Crippen LogP contribution in [0.2, 0.25) is 0 Å². The van der Waals surface area contributed by atoms with Gasteiger partial charge in [-0.15, -0.1) is 11.3 Å². The van der Waals surface area contributed by atoms with Crippen LogP contribution in [0.4, 0.5) is 0 Å². The number of nitrogens with zero attached hydrogens (tertiary/aromatic N) is 1. The maximum Gasteiger partial charge on any atom is 0.236 e. The van der Waals surface area contributed by atoms with Gasteiger partial charge in [0.15, 0.2) is 0 Å². The van der Waals surface area contributed by atoms with Crippen molar-refractivity contribution < 1.29 is 4.42 Å². The van der Waals surface area contributed by atoms with E-state index in [1.54, 1.807) is 11.3 Å². The zero-order valence-electron chi connectivity index (χ0n) is 7.63. The number of thiophene rings is 1. The molecule has 3 heteroatoms. The minimum Gasteiger partial charge on any atom is -0.440 e. The molecular weight excluding hydrogens is 182 g/mol. The minimum absolute atomic E-state index is 0.681. The van der Waals surface area contributed by atoms with Gasteiger partial charge in [0, 0.05) is 4.88 Å². The molecule has 2 nitrogen and oxygen atoms in total. The number of oxazole rings is 1. The second-order valence-corrected chi connectivity index (χ2v) is 4.22. The largest absolute Gasteiger partial charge is 0.440 e. The maximum absolute atomic E-state index is 5.45. The van der Waals surface area contributed by atoms with Crippen LogP contribution in [-0.4, -0.2) is 4.98 Å². The Balaban J connectivity index is 2.46. The van der Waals surface area contributed by atoms with Crippen LogP contribution >= 0.6 is 11.3 Å². The zero-order valence-corrected chi connectivity index (χ0v) is 8.44. The number of aromatic nitrogens is 1. The van der Waals surface area contributed by atoms with Crippen LogP contribution in [-0.2, 0) is 0 Å². The van der Waals surface area contributed by atoms with E-state index in [9.17, 15) is 0 Å². The highest BCUT2D eigenvalue weighted by Crippen LogP contribution is 2.27. The lowest BCUT2D eigenvalue weighted by Gasteiger charge is -1.85. The van der Waals surface area contributed by atoms with Gasteiger partial charge in [0.1, 0.15) is 5.76 Å². The molecule has 67 valence electrons. The van der Waals surface area contributed by atoms with Crippen molar-refractivity contribution in [3.63, 3.8) is 0 Å². The summed E-state index contributed by atoms with van der Waals surface area (Å²) in [6.45, 7) is 7.71. The summed E-state index contributed by atoms with van der Waals surface area (Å²) in [6, 6.07) is 4.08. The summed E-state index contributed by atoms with van der Waals surface area (Å²) < 4.78 is 5.45. The van der Waals surface area contributed by atoms with Gasteiger partial charge in [0.2, 0.25) is 5.89 Å². The number of hydrogen-bond donors (Lipinski definition) is 0. The fourth-order valence-corrected chi connectivity index (χ4v) is 1.88. The van der Waals surface area contributed by atoms with Gasteiger partial charge in [-0.1, -0.05) is 0 Å². The molecule has 2 aromatic heterocycles. The van der Waals surface area contributed by atoms with E-state index in [0.29, 0.717) is 5.89 Å². The van der Waals surface area contributed by atoms with E-state index < -0.39 is 0 Å². The first kappa shape index (κ1) is 8.51. The number of hydrogen-bond acceptors (Lipinski definition) is 3. The van der Waals surface area contributed by atoms with Crippen LogP contribution in [0.3, 0.4) is 0 Å². The maximum atomic E-state index is 5.45. The van der Waals surface area contributed by atoms with Crippen molar-refractivity contribution >= 4 is 11.3 Å². The molecule has 0 aromatic carbocycles. The first-order valence-corrected chi connectivity index (χ1v) is 4.84. The fourth-order valence-electron chi connectivity index (χ4n) is 1.08. The van der Waals surface area contributed by atoms with Gasteiger partial charge in [0.25, 0.3) is 0 Å². The van der Waals surface area contributed by atoms with Crippen molar-refractivity contribution in [2.24, 2.45) is 0 Å². The summed E-state index contributed by atoms with van der Waals surface area (Å²) in [5.41, 5.74) is 0.723. The highest BCUT2D eigenvalue weighted by molar-refractivity contribution is 7.15. The second-order valence-electron chi connectivity index (χ2n) is 2.93. The summed E-state index contributed by atoms with van der Waals surface area (Å²) >= 11 is 1.68. The fraction of sp³-hybridized carbons (Fsp3) is 0.200. The predicted octanol–water partition coefficient (Wildman–Crippen LogP) is 3.20. The van der Waals surface area contributed by atoms with Crippen LogP contribution in [0.5, 0.6) is 0 Å². The van der Waals surface area contributed by atoms with Crippen LogP contribution in [0.1, 0.15) is 16.3 Å². The highest BCUT2D eigenvalue weighted by Gasteiger charge is 2.09. The van der Waals surface area contributed by atoms with Crippen molar-refractivity contribution in [3.8, 4) is 10.8 Å². The highest BCUT2D eigenvalue weighted by atomic mass is 32.1. The standard InChI is InChI=1S/C10H10NOS/c1-6-4-5-9(13-6)10-11-7(2)8(3)12-10/h4-5H,2H2,1,3H3. The van der Waals surface area contributed by atoms with Crippen molar-refractivity contribution in [1.82, 2.24) is 4.98 Å². The molecule has 0 aliphatic heterocycles. The van der Waals surface area contributed by atoms with Gasteiger partial charge in [-0.2, -0.15) is 0 Å². The van der Waals surface area contributed by atoms with E-state index in [1.807, 2.05) is 13.0 Å².